The molecule has 0 saturated carbocycles. The maximum atomic E-state index is 12.3. The fourth-order valence-electron chi connectivity index (χ4n) is 2.61. The van der Waals surface area contributed by atoms with Crippen LogP contribution in [0, 0.1) is 0 Å². The van der Waals surface area contributed by atoms with E-state index in [1.165, 1.54) is 31.2 Å². The first-order valence-corrected chi connectivity index (χ1v) is 9.62. The second-order valence-corrected chi connectivity index (χ2v) is 7.81. The Morgan fingerprint density at radius 3 is 2.26 bits per heavy atom. The van der Waals surface area contributed by atoms with E-state index >= 15 is 0 Å². The number of benzene rings is 2. The van der Waals surface area contributed by atoms with Crippen molar-refractivity contribution in [3.8, 4) is 11.5 Å². The Kier molecular flexibility index (Phi) is 6.33. The number of fused-ring (bicyclic) bond motifs is 1. The van der Waals surface area contributed by atoms with E-state index in [0.717, 1.165) is 0 Å². The number of rotatable bonds is 5. The Morgan fingerprint density at radius 1 is 0.935 bits per heavy atom. The molecule has 2 aromatic carbocycles. The second kappa shape index (κ2) is 8.95. The van der Waals surface area contributed by atoms with Crippen molar-refractivity contribution in [1.82, 2.24) is 0 Å². The van der Waals surface area contributed by atoms with Gasteiger partial charge in [0.1, 0.15) is 5.60 Å². The van der Waals surface area contributed by atoms with Crippen molar-refractivity contribution in [2.24, 2.45) is 0 Å². The Bertz CT molecular complexity index is 980. The van der Waals surface area contributed by atoms with Crippen LogP contribution in [0.4, 0.5) is 16.2 Å². The zero-order chi connectivity index (χ0) is 22.6. The molecule has 0 aliphatic carbocycles. The van der Waals surface area contributed by atoms with Gasteiger partial charge in [0, 0.05) is 17.4 Å². The van der Waals surface area contributed by atoms with Gasteiger partial charge in [-0.2, -0.15) is 0 Å². The molecule has 2 aromatic rings. The smallest absolute Gasteiger partial charge is 0.412 e. The van der Waals surface area contributed by atoms with Gasteiger partial charge >= 0.3 is 12.1 Å². The molecule has 1 aliphatic rings. The molecule has 3 rings (SSSR count). The molecule has 0 bridgehead atoms. The Balaban J connectivity index is 1.53. The van der Waals surface area contributed by atoms with E-state index in [9.17, 15) is 14.4 Å². The summed E-state index contributed by atoms with van der Waals surface area (Å²) in [6, 6.07) is 11.0. The highest BCUT2D eigenvalue weighted by Crippen LogP contribution is 2.34. The SMILES string of the molecule is CC(OC(=O)c1ccc(NC(=O)OC(C)(C)C)cc1)C(=O)Nc1ccc2c(c1)OCO2. The van der Waals surface area contributed by atoms with Gasteiger partial charge in [-0.05, 0) is 64.1 Å². The van der Waals surface area contributed by atoms with Crippen molar-refractivity contribution in [2.45, 2.75) is 39.4 Å². The van der Waals surface area contributed by atoms with Crippen LogP contribution >= 0.6 is 0 Å². The fraction of sp³-hybridized carbons (Fsp3) is 0.318. The number of hydrogen-bond donors (Lipinski definition) is 2. The highest BCUT2D eigenvalue weighted by molar-refractivity contribution is 5.97. The van der Waals surface area contributed by atoms with Crippen molar-refractivity contribution < 1.29 is 33.3 Å². The second-order valence-electron chi connectivity index (χ2n) is 7.81. The number of anilines is 2. The fourth-order valence-corrected chi connectivity index (χ4v) is 2.61. The first-order valence-electron chi connectivity index (χ1n) is 9.62. The summed E-state index contributed by atoms with van der Waals surface area (Å²) in [6.45, 7) is 6.88. The van der Waals surface area contributed by atoms with Crippen LogP contribution in [0.3, 0.4) is 0 Å². The lowest BCUT2D eigenvalue weighted by atomic mass is 10.2. The number of esters is 1. The lowest BCUT2D eigenvalue weighted by Gasteiger charge is -2.19. The highest BCUT2D eigenvalue weighted by atomic mass is 16.7. The number of nitrogens with one attached hydrogen (secondary N) is 2. The van der Waals surface area contributed by atoms with E-state index in [0.29, 0.717) is 22.9 Å². The van der Waals surface area contributed by atoms with Gasteiger partial charge in [-0.15, -0.1) is 0 Å². The van der Waals surface area contributed by atoms with Crippen LogP contribution in [0.5, 0.6) is 11.5 Å². The van der Waals surface area contributed by atoms with Crippen molar-refractivity contribution >= 4 is 29.3 Å². The number of hydrogen-bond acceptors (Lipinski definition) is 7. The van der Waals surface area contributed by atoms with Gasteiger partial charge in [-0.1, -0.05) is 0 Å². The van der Waals surface area contributed by atoms with Crippen molar-refractivity contribution in [3.63, 3.8) is 0 Å². The Hall–Kier alpha value is -3.75. The maximum absolute atomic E-state index is 12.3. The van der Waals surface area contributed by atoms with Crippen LogP contribution in [0.25, 0.3) is 0 Å². The van der Waals surface area contributed by atoms with E-state index in [4.69, 9.17) is 18.9 Å². The first-order chi connectivity index (χ1) is 14.6. The Morgan fingerprint density at radius 2 is 1.58 bits per heavy atom. The molecule has 0 fully saturated rings. The zero-order valence-electron chi connectivity index (χ0n) is 17.7. The predicted octanol–water partition coefficient (Wildman–Crippen LogP) is 3.95. The summed E-state index contributed by atoms with van der Waals surface area (Å²) in [6.07, 6.45) is -1.63. The summed E-state index contributed by atoms with van der Waals surface area (Å²) in [5.74, 6) is -0.0304. The average Bonchev–Trinajstić information content (AvgIpc) is 3.14. The van der Waals surface area contributed by atoms with Crippen LogP contribution in [0.15, 0.2) is 42.5 Å². The molecule has 0 spiro atoms. The minimum atomic E-state index is -1.03. The minimum Gasteiger partial charge on any atom is -0.454 e. The van der Waals surface area contributed by atoms with Crippen molar-refractivity contribution in [1.29, 1.82) is 0 Å². The monoisotopic (exact) mass is 428 g/mol. The summed E-state index contributed by atoms with van der Waals surface area (Å²) in [5.41, 5.74) is 0.567. The number of carbonyl (C=O) groups is 3. The van der Waals surface area contributed by atoms with E-state index in [-0.39, 0.29) is 12.4 Å². The molecule has 9 heteroatoms. The molecule has 2 N–H and O–H groups in total. The van der Waals surface area contributed by atoms with E-state index in [1.807, 2.05) is 0 Å². The van der Waals surface area contributed by atoms with Crippen LogP contribution in [-0.4, -0.2) is 36.5 Å². The number of carbonyl (C=O) groups excluding carboxylic acids is 3. The van der Waals surface area contributed by atoms with Crippen LogP contribution < -0.4 is 20.1 Å². The van der Waals surface area contributed by atoms with Gasteiger partial charge in [0.05, 0.1) is 5.56 Å². The van der Waals surface area contributed by atoms with Crippen molar-refractivity contribution in [2.75, 3.05) is 17.4 Å². The molecular weight excluding hydrogens is 404 g/mol. The molecule has 164 valence electrons. The Labute approximate surface area is 179 Å². The van der Waals surface area contributed by atoms with Gasteiger partial charge in [0.2, 0.25) is 6.79 Å². The van der Waals surface area contributed by atoms with Crippen LogP contribution in [-0.2, 0) is 14.3 Å². The third-order valence-corrected chi connectivity index (χ3v) is 4.06. The van der Waals surface area contributed by atoms with Gasteiger partial charge in [-0.25, -0.2) is 9.59 Å². The first kappa shape index (κ1) is 21.9. The number of amides is 2. The number of ether oxygens (including phenoxy) is 4. The van der Waals surface area contributed by atoms with Gasteiger partial charge < -0.3 is 24.3 Å². The van der Waals surface area contributed by atoms with Gasteiger partial charge in [0.25, 0.3) is 5.91 Å². The lowest BCUT2D eigenvalue weighted by molar-refractivity contribution is -0.123. The minimum absolute atomic E-state index is 0.132. The lowest BCUT2D eigenvalue weighted by Crippen LogP contribution is -2.30. The maximum Gasteiger partial charge on any atom is 0.412 e. The van der Waals surface area contributed by atoms with Gasteiger partial charge in [-0.3, -0.25) is 10.1 Å². The third-order valence-electron chi connectivity index (χ3n) is 4.06. The van der Waals surface area contributed by atoms with Gasteiger partial charge in [0.15, 0.2) is 17.6 Å². The largest absolute Gasteiger partial charge is 0.454 e. The highest BCUT2D eigenvalue weighted by Gasteiger charge is 2.21. The van der Waals surface area contributed by atoms with E-state index in [2.05, 4.69) is 10.6 Å². The normalized spacial score (nSPS) is 13.2. The average molecular weight is 428 g/mol. The quantitative estimate of drug-likeness (QED) is 0.694. The zero-order valence-corrected chi connectivity index (χ0v) is 17.7. The van der Waals surface area contributed by atoms with Crippen LogP contribution in [0.1, 0.15) is 38.1 Å². The topological polar surface area (TPSA) is 112 Å². The molecule has 1 aliphatic heterocycles. The van der Waals surface area contributed by atoms with Crippen LogP contribution in [0.2, 0.25) is 0 Å². The molecule has 2 amide bonds. The molecule has 0 aromatic heterocycles. The summed E-state index contributed by atoms with van der Waals surface area (Å²) in [4.78, 5) is 36.5. The molecule has 1 unspecified atom stereocenters. The molecule has 9 nitrogen and oxygen atoms in total. The molecule has 1 heterocycles. The molecule has 0 saturated heterocycles. The molecule has 1 atom stereocenters. The summed E-state index contributed by atoms with van der Waals surface area (Å²) in [5, 5.41) is 5.24. The van der Waals surface area contributed by atoms with E-state index < -0.39 is 29.7 Å². The summed E-state index contributed by atoms with van der Waals surface area (Å²) >= 11 is 0. The van der Waals surface area contributed by atoms with E-state index in [1.54, 1.807) is 39.0 Å². The molecular formula is C22H24N2O7. The summed E-state index contributed by atoms with van der Waals surface area (Å²) in [7, 11) is 0. The van der Waals surface area contributed by atoms with Crippen molar-refractivity contribution in [3.05, 3.63) is 48.0 Å². The molecule has 0 radical (unpaired) electrons. The third kappa shape index (κ3) is 6.11. The summed E-state index contributed by atoms with van der Waals surface area (Å²) < 4.78 is 20.9. The molecule has 31 heavy (non-hydrogen) atoms. The standard InChI is InChI=1S/C22H24N2O7/c1-13(19(25)23-16-9-10-17-18(11-16)29-12-28-17)30-20(26)14-5-7-15(8-6-14)24-21(27)31-22(2,3)4/h5-11,13H,12H2,1-4H3,(H,23,25)(H,24,27). The predicted molar refractivity (Wildman–Crippen MR) is 112 cm³/mol.